The Labute approximate surface area is 398 Å². The molecule has 1 aliphatic carbocycles. The number of nitrogens with one attached hydrogen (secondary N) is 2. The Hall–Kier alpha value is -3.94. The van der Waals surface area contributed by atoms with Crippen molar-refractivity contribution >= 4 is 70.4 Å². The first-order chi connectivity index (χ1) is 30.6. The second-order valence-corrected chi connectivity index (χ2v) is 19.1. The molecular weight excluding hydrogens is 938 g/mol. The number of amides is 2. The molecule has 3 unspecified atom stereocenters. The number of methoxy groups -OCH3 is 1. The summed E-state index contributed by atoms with van der Waals surface area (Å²) in [6.07, 6.45) is 7.48. The summed E-state index contributed by atoms with van der Waals surface area (Å²) in [6.45, 7) is 15.0. The third-order valence-electron chi connectivity index (χ3n) is 11.3. The van der Waals surface area contributed by atoms with Gasteiger partial charge in [-0.05, 0) is 125 Å². The molecule has 2 amide bonds. The Morgan fingerprint density at radius 1 is 1.08 bits per heavy atom. The van der Waals surface area contributed by atoms with Crippen LogP contribution in [0.3, 0.4) is 0 Å². The number of ether oxygens (including phenoxy) is 2. The zero-order chi connectivity index (χ0) is 47.1. The maximum absolute atomic E-state index is 14.0. The average molecular weight is 1010 g/mol. The second kappa shape index (κ2) is 25.1. The number of carbonyl (C=O) groups is 4. The summed E-state index contributed by atoms with van der Waals surface area (Å²) in [4.78, 5) is 55.5. The average Bonchev–Trinajstić information content (AvgIpc) is 4.09. The Bertz CT molecular complexity index is 2170. The molecule has 13 nitrogen and oxygen atoms in total. The van der Waals surface area contributed by atoms with E-state index in [2.05, 4.69) is 65.2 Å². The van der Waals surface area contributed by atoms with E-state index in [9.17, 15) is 24.3 Å². The first-order valence-electron chi connectivity index (χ1n) is 22.2. The van der Waals surface area contributed by atoms with Crippen LogP contribution in [0.2, 0.25) is 4.87 Å². The van der Waals surface area contributed by atoms with Crippen molar-refractivity contribution in [1.82, 2.24) is 29.6 Å². The van der Waals surface area contributed by atoms with E-state index < -0.39 is 11.5 Å². The summed E-state index contributed by atoms with van der Waals surface area (Å²) in [5.41, 5.74) is 10.1. The summed E-state index contributed by atoms with van der Waals surface area (Å²) in [5.74, 6) is 0.144. The number of aromatic nitrogens is 2. The number of benzene rings is 2. The number of aryl methyl sites for hydroxylation is 1. The van der Waals surface area contributed by atoms with Crippen LogP contribution in [0, 0.1) is 17.3 Å². The minimum absolute atomic E-state index is 0.0350. The number of carbonyl (C=O) groups excluding carboxylic acids is 4. The number of nitrogens with zero attached hydrogens (tertiary/aromatic N) is 4. The van der Waals surface area contributed by atoms with Crippen LogP contribution in [0.1, 0.15) is 90.2 Å². The molecule has 3 atom stereocenters. The monoisotopic (exact) mass is 1010 g/mol. The molecule has 1 saturated heterocycles. The molecule has 1 aliphatic heterocycles. The van der Waals surface area contributed by atoms with Crippen molar-refractivity contribution in [3.8, 4) is 28.1 Å². The number of hydrogen-bond acceptors (Lipinski definition) is 11. The van der Waals surface area contributed by atoms with Gasteiger partial charge >= 0.3 is 27.9 Å². The first kappa shape index (κ1) is 52.7. The molecule has 1 saturated carbocycles. The molecule has 348 valence electrons. The van der Waals surface area contributed by atoms with Crippen molar-refractivity contribution in [3.63, 3.8) is 0 Å². The van der Waals surface area contributed by atoms with Crippen LogP contribution in [0.15, 0.2) is 54.7 Å². The maximum atomic E-state index is 14.0. The first-order valence-corrected chi connectivity index (χ1v) is 25.6. The molecular formula is C49H69N6O7SSb. The van der Waals surface area contributed by atoms with Crippen molar-refractivity contribution in [1.29, 1.82) is 0 Å². The van der Waals surface area contributed by atoms with E-state index in [1.165, 1.54) is 11.9 Å². The van der Waals surface area contributed by atoms with Gasteiger partial charge in [0.15, 0.2) is 0 Å². The summed E-state index contributed by atoms with van der Waals surface area (Å²) in [5, 5.41) is 16.5. The number of pyridine rings is 1. The molecule has 2 aliphatic rings. The van der Waals surface area contributed by atoms with Crippen LogP contribution in [0.25, 0.3) is 33.3 Å². The van der Waals surface area contributed by atoms with Crippen LogP contribution >= 0.6 is 11.9 Å². The Morgan fingerprint density at radius 2 is 1.81 bits per heavy atom. The molecule has 0 spiro atoms. The zero-order valence-electron chi connectivity index (χ0n) is 39.3. The van der Waals surface area contributed by atoms with Gasteiger partial charge in [-0.15, -0.1) is 0 Å². The number of hydrogen-bond donors (Lipinski definition) is 3. The fourth-order valence-corrected chi connectivity index (χ4v) is 8.77. The normalized spacial score (nSPS) is 15.4. The third-order valence-corrected chi connectivity index (χ3v) is 12.7. The van der Waals surface area contributed by atoms with E-state index >= 15 is 0 Å². The van der Waals surface area contributed by atoms with Crippen molar-refractivity contribution in [2.45, 2.75) is 109 Å². The SMILES string of the molecule is CCn1c(-c2cccnc2C(C)OC)c(CC(C)(C)COC=O)c2cc(-c3cc(O)cc(CC(NC(=O)C(SN(C)C)C(C)C)C(=O)N4CCCCN4)c3)ccc21.O=CC1CC1.[CH3][Sb]. The van der Waals surface area contributed by atoms with Gasteiger partial charge in [0.1, 0.15) is 23.3 Å². The summed E-state index contributed by atoms with van der Waals surface area (Å²) in [7, 11) is 5.49. The Morgan fingerprint density at radius 3 is 2.39 bits per heavy atom. The predicted molar refractivity (Wildman–Crippen MR) is 258 cm³/mol. The van der Waals surface area contributed by atoms with E-state index in [0.29, 0.717) is 38.4 Å². The molecule has 3 N–H and O–H groups in total. The van der Waals surface area contributed by atoms with Crippen LogP contribution < -0.4 is 10.7 Å². The fourth-order valence-electron chi connectivity index (χ4n) is 7.91. The molecule has 2 radical (unpaired) electrons. The predicted octanol–water partition coefficient (Wildman–Crippen LogP) is 7.73. The molecule has 15 heteroatoms. The minimum atomic E-state index is -0.851. The number of rotatable bonds is 19. The molecule has 3 heterocycles. The fraction of sp³-hybridized carbons (Fsp3) is 0.531. The van der Waals surface area contributed by atoms with Gasteiger partial charge in [-0.25, -0.2) is 5.43 Å². The van der Waals surface area contributed by atoms with Gasteiger partial charge in [-0.2, -0.15) is 0 Å². The van der Waals surface area contributed by atoms with E-state index in [0.717, 1.165) is 82.1 Å². The second-order valence-electron chi connectivity index (χ2n) is 17.7. The Balaban J connectivity index is 0.00000118. The molecule has 4 aromatic rings. The van der Waals surface area contributed by atoms with Gasteiger partial charge < -0.3 is 29.3 Å². The molecule has 0 bridgehead atoms. The van der Waals surface area contributed by atoms with Crippen molar-refractivity contribution < 1.29 is 33.8 Å². The molecule has 2 aromatic carbocycles. The van der Waals surface area contributed by atoms with E-state index in [4.69, 9.17) is 14.5 Å². The van der Waals surface area contributed by atoms with Gasteiger partial charge in [-0.3, -0.25) is 28.7 Å². The molecule has 2 fully saturated rings. The number of aldehydes is 1. The van der Waals surface area contributed by atoms with Crippen LogP contribution in [0.4, 0.5) is 0 Å². The summed E-state index contributed by atoms with van der Waals surface area (Å²) < 4.78 is 15.3. The molecule has 2 aromatic heterocycles. The summed E-state index contributed by atoms with van der Waals surface area (Å²) in [6, 6.07) is 14.9. The van der Waals surface area contributed by atoms with Gasteiger partial charge in [0.25, 0.3) is 12.4 Å². The van der Waals surface area contributed by atoms with E-state index in [1.54, 1.807) is 53.5 Å². The van der Waals surface area contributed by atoms with E-state index in [-0.39, 0.29) is 47.9 Å². The Kier molecular flexibility index (Phi) is 20.7. The number of phenolic OH excluding ortho intramolecular Hbond substituents is 1. The van der Waals surface area contributed by atoms with E-state index in [1.807, 2.05) is 51.3 Å². The standard InChI is InChI=1S/C44H60N6O6S.C4H6O.CH3.Sb/c1-10-49-38-16-15-31(24-35(38)36(25-44(5,6)26-56-27-51)40(49)34-14-13-17-45-39(34)29(4)55-9)32-20-30(21-33(52)23-32)22-37(43(54)50-19-12-11-18-46-50)47-42(53)41(28(2)3)57-48(7)8;5-3-4-1-2-4;;/h13-17,20-21,23-24,27-29,37,41,46,52H,10-12,18-19,22,25-26H2,1-9H3,(H,47,53);3-4H,1-2H2;1H3;. The molecule has 6 rings (SSSR count). The van der Waals surface area contributed by atoms with Gasteiger partial charge in [-0.1, -0.05) is 51.8 Å². The zero-order valence-corrected chi connectivity index (χ0v) is 42.7. The molecule has 64 heavy (non-hydrogen) atoms. The van der Waals surface area contributed by atoms with Crippen molar-refractivity contribution in [2.75, 3.05) is 40.9 Å². The van der Waals surface area contributed by atoms with Gasteiger partial charge in [0, 0.05) is 67.2 Å². The van der Waals surface area contributed by atoms with Gasteiger partial charge in [0.2, 0.25) is 5.91 Å². The van der Waals surface area contributed by atoms with Crippen LogP contribution in [-0.2, 0) is 48.0 Å². The van der Waals surface area contributed by atoms with Gasteiger partial charge in [0.05, 0.1) is 24.1 Å². The summed E-state index contributed by atoms with van der Waals surface area (Å²) >= 11 is 3.19. The van der Waals surface area contributed by atoms with Crippen molar-refractivity contribution in [2.24, 2.45) is 17.3 Å². The number of hydrazine groups is 1. The topological polar surface area (TPSA) is 155 Å². The van der Waals surface area contributed by atoms with Crippen LogP contribution in [0.5, 0.6) is 5.75 Å². The third kappa shape index (κ3) is 14.3. The quantitative estimate of drug-likeness (QED) is 0.0481. The number of fused-ring (bicyclic) bond motifs is 1. The number of aromatic hydroxyl groups is 1. The number of phenols is 1. The van der Waals surface area contributed by atoms with Crippen molar-refractivity contribution in [3.05, 3.63) is 71.5 Å². The van der Waals surface area contributed by atoms with Crippen LogP contribution in [-0.4, -0.2) is 124 Å².